The third-order valence-corrected chi connectivity index (χ3v) is 7.10. The Labute approximate surface area is 187 Å². The molecule has 1 saturated heterocycles. The number of nitrogens with one attached hydrogen (secondary N) is 2. The predicted molar refractivity (Wildman–Crippen MR) is 118 cm³/mol. The average molecular weight is 462 g/mol. The lowest BCUT2D eigenvalue weighted by Gasteiger charge is -2.20. The van der Waals surface area contributed by atoms with Crippen LogP contribution in [0.15, 0.2) is 47.4 Å². The maximum atomic E-state index is 13.0. The highest BCUT2D eigenvalue weighted by atomic mass is 32.2. The maximum absolute atomic E-state index is 13.0. The smallest absolute Gasteiger partial charge is 0.269 e. The molecule has 10 heteroatoms. The van der Waals surface area contributed by atoms with Crippen LogP contribution in [-0.4, -0.2) is 51.8 Å². The van der Waals surface area contributed by atoms with Gasteiger partial charge in [0.15, 0.2) is 0 Å². The summed E-state index contributed by atoms with van der Waals surface area (Å²) in [4.78, 5) is 25.0. The molecule has 0 atom stereocenters. The van der Waals surface area contributed by atoms with Crippen molar-refractivity contribution < 1.29 is 27.5 Å². The molecule has 1 aliphatic rings. The van der Waals surface area contributed by atoms with Crippen LogP contribution in [0.3, 0.4) is 0 Å². The molecule has 1 aliphatic heterocycles. The van der Waals surface area contributed by atoms with E-state index >= 15 is 0 Å². The van der Waals surface area contributed by atoms with Crippen molar-refractivity contribution in [3.63, 3.8) is 0 Å². The van der Waals surface area contributed by atoms with Crippen LogP contribution in [0.4, 0.5) is 0 Å². The highest BCUT2D eigenvalue weighted by Gasteiger charge is 2.26. The van der Waals surface area contributed by atoms with Crippen LogP contribution in [0.25, 0.3) is 0 Å². The summed E-state index contributed by atoms with van der Waals surface area (Å²) in [5.74, 6) is -0.371. The van der Waals surface area contributed by atoms with Gasteiger partial charge in [0, 0.05) is 30.3 Å². The maximum Gasteiger partial charge on any atom is 0.269 e. The van der Waals surface area contributed by atoms with Gasteiger partial charge in [-0.1, -0.05) is 18.9 Å². The largest absolute Gasteiger partial charge is 0.497 e. The standard InChI is InChI=1S/C22H27N3O6S/c1-30-18-12-17(13-19(15-18)31-2)22(27)24-23-21(26)16-8-7-9-20(14-16)32(28,29)25-10-5-3-4-6-11-25/h7-9,12-15H,3-6,10-11H2,1-2H3,(H,23,26)(H,24,27). The fourth-order valence-corrected chi connectivity index (χ4v) is 4.99. The van der Waals surface area contributed by atoms with Crippen molar-refractivity contribution in [2.75, 3.05) is 27.3 Å². The van der Waals surface area contributed by atoms with E-state index in [1.807, 2.05) is 0 Å². The molecule has 0 spiro atoms. The van der Waals surface area contributed by atoms with Crippen LogP contribution in [0.5, 0.6) is 11.5 Å². The quantitative estimate of drug-likeness (QED) is 0.639. The van der Waals surface area contributed by atoms with Gasteiger partial charge in [-0.25, -0.2) is 8.42 Å². The number of hydrazine groups is 1. The zero-order chi connectivity index (χ0) is 23.1. The molecule has 0 saturated carbocycles. The number of nitrogens with zero attached hydrogens (tertiary/aromatic N) is 1. The molecule has 0 radical (unpaired) electrons. The number of methoxy groups -OCH3 is 2. The van der Waals surface area contributed by atoms with E-state index in [0.717, 1.165) is 25.7 Å². The van der Waals surface area contributed by atoms with Crippen LogP contribution in [-0.2, 0) is 10.0 Å². The van der Waals surface area contributed by atoms with Gasteiger partial charge in [0.1, 0.15) is 11.5 Å². The Kier molecular flexibility index (Phi) is 7.70. The summed E-state index contributed by atoms with van der Waals surface area (Å²) < 4.78 is 37.7. The SMILES string of the molecule is COc1cc(OC)cc(C(=O)NNC(=O)c2cccc(S(=O)(=O)N3CCCCCC3)c2)c1. The Bertz CT molecular complexity index is 1060. The number of amides is 2. The number of ether oxygens (including phenoxy) is 2. The zero-order valence-electron chi connectivity index (χ0n) is 18.1. The number of benzene rings is 2. The van der Waals surface area contributed by atoms with Crippen LogP contribution >= 0.6 is 0 Å². The highest BCUT2D eigenvalue weighted by Crippen LogP contribution is 2.23. The van der Waals surface area contributed by atoms with Gasteiger partial charge in [-0.15, -0.1) is 0 Å². The predicted octanol–water partition coefficient (Wildman–Crippen LogP) is 2.34. The molecule has 172 valence electrons. The Morgan fingerprint density at radius 2 is 1.38 bits per heavy atom. The third-order valence-electron chi connectivity index (χ3n) is 5.20. The minimum atomic E-state index is -3.69. The van der Waals surface area contributed by atoms with E-state index in [-0.39, 0.29) is 16.0 Å². The first-order valence-corrected chi connectivity index (χ1v) is 11.7. The fraction of sp³-hybridized carbons (Fsp3) is 0.364. The number of rotatable bonds is 6. The lowest BCUT2D eigenvalue weighted by atomic mass is 10.2. The first kappa shape index (κ1) is 23.6. The van der Waals surface area contributed by atoms with E-state index < -0.39 is 21.8 Å². The summed E-state index contributed by atoms with van der Waals surface area (Å²) in [5, 5.41) is 0. The topological polar surface area (TPSA) is 114 Å². The summed E-state index contributed by atoms with van der Waals surface area (Å²) in [6.45, 7) is 0.942. The molecule has 0 bridgehead atoms. The molecule has 2 amide bonds. The molecule has 1 fully saturated rings. The molecule has 1 heterocycles. The van der Waals surface area contributed by atoms with Crippen LogP contribution in [0.2, 0.25) is 0 Å². The van der Waals surface area contributed by atoms with Crippen molar-refractivity contribution in [3.8, 4) is 11.5 Å². The summed E-state index contributed by atoms with van der Waals surface area (Å²) in [7, 11) is -0.766. The molecule has 2 N–H and O–H groups in total. The lowest BCUT2D eigenvalue weighted by Crippen LogP contribution is -2.41. The van der Waals surface area contributed by atoms with E-state index in [1.165, 1.54) is 54.9 Å². The fourth-order valence-electron chi connectivity index (χ4n) is 3.43. The van der Waals surface area contributed by atoms with Gasteiger partial charge in [-0.2, -0.15) is 4.31 Å². The second-order valence-corrected chi connectivity index (χ2v) is 9.29. The monoisotopic (exact) mass is 461 g/mol. The van der Waals surface area contributed by atoms with Gasteiger partial charge in [-0.05, 0) is 43.2 Å². The summed E-state index contributed by atoms with van der Waals surface area (Å²) in [5.41, 5.74) is 4.97. The Morgan fingerprint density at radius 3 is 1.94 bits per heavy atom. The van der Waals surface area contributed by atoms with Gasteiger partial charge >= 0.3 is 0 Å². The van der Waals surface area contributed by atoms with Gasteiger partial charge in [0.2, 0.25) is 10.0 Å². The van der Waals surface area contributed by atoms with E-state index in [1.54, 1.807) is 6.07 Å². The minimum absolute atomic E-state index is 0.0518. The second kappa shape index (κ2) is 10.5. The summed E-state index contributed by atoms with van der Waals surface area (Å²) >= 11 is 0. The molecule has 32 heavy (non-hydrogen) atoms. The Hall–Kier alpha value is -3.11. The van der Waals surface area contributed by atoms with Crippen molar-refractivity contribution in [1.82, 2.24) is 15.2 Å². The van der Waals surface area contributed by atoms with Gasteiger partial charge < -0.3 is 9.47 Å². The number of sulfonamides is 1. The van der Waals surface area contributed by atoms with E-state index in [2.05, 4.69) is 10.9 Å². The molecule has 9 nitrogen and oxygen atoms in total. The average Bonchev–Trinajstić information content (AvgIpc) is 3.12. The van der Waals surface area contributed by atoms with Crippen molar-refractivity contribution in [2.45, 2.75) is 30.6 Å². The Balaban J connectivity index is 1.70. The number of carbonyl (C=O) groups is 2. The number of hydrogen-bond donors (Lipinski definition) is 2. The molecule has 0 unspecified atom stereocenters. The van der Waals surface area contributed by atoms with E-state index in [9.17, 15) is 18.0 Å². The molecular formula is C22H27N3O6S. The Morgan fingerprint density at radius 1 is 0.812 bits per heavy atom. The first-order valence-electron chi connectivity index (χ1n) is 10.3. The van der Waals surface area contributed by atoms with Crippen molar-refractivity contribution in [2.24, 2.45) is 0 Å². The summed E-state index contributed by atoms with van der Waals surface area (Å²) in [6.07, 6.45) is 3.65. The third kappa shape index (κ3) is 5.57. The molecule has 3 rings (SSSR count). The number of hydrogen-bond acceptors (Lipinski definition) is 6. The molecule has 2 aromatic rings. The van der Waals surface area contributed by atoms with Crippen LogP contribution in [0.1, 0.15) is 46.4 Å². The molecule has 0 aliphatic carbocycles. The van der Waals surface area contributed by atoms with Crippen LogP contribution in [0, 0.1) is 0 Å². The van der Waals surface area contributed by atoms with Crippen molar-refractivity contribution in [3.05, 3.63) is 53.6 Å². The zero-order valence-corrected chi connectivity index (χ0v) is 18.9. The van der Waals surface area contributed by atoms with Gasteiger partial charge in [0.05, 0.1) is 19.1 Å². The van der Waals surface area contributed by atoms with E-state index in [4.69, 9.17) is 9.47 Å². The van der Waals surface area contributed by atoms with Gasteiger partial charge in [-0.3, -0.25) is 20.4 Å². The molecular weight excluding hydrogens is 434 g/mol. The van der Waals surface area contributed by atoms with Crippen LogP contribution < -0.4 is 20.3 Å². The minimum Gasteiger partial charge on any atom is -0.497 e. The number of carbonyl (C=O) groups excluding carboxylic acids is 2. The lowest BCUT2D eigenvalue weighted by molar-refractivity contribution is 0.0846. The first-order chi connectivity index (χ1) is 15.3. The normalized spacial score (nSPS) is 14.8. The second-order valence-electron chi connectivity index (χ2n) is 7.36. The van der Waals surface area contributed by atoms with Gasteiger partial charge in [0.25, 0.3) is 11.8 Å². The van der Waals surface area contributed by atoms with E-state index in [0.29, 0.717) is 24.6 Å². The van der Waals surface area contributed by atoms with Crippen molar-refractivity contribution >= 4 is 21.8 Å². The summed E-state index contributed by atoms with van der Waals surface area (Å²) in [6, 6.07) is 10.4. The molecule has 2 aromatic carbocycles. The van der Waals surface area contributed by atoms with Crippen molar-refractivity contribution in [1.29, 1.82) is 0 Å². The highest BCUT2D eigenvalue weighted by molar-refractivity contribution is 7.89. The molecule has 0 aromatic heterocycles.